The van der Waals surface area contributed by atoms with Crippen LogP contribution in [0.1, 0.15) is 86.0 Å². The lowest BCUT2D eigenvalue weighted by Crippen LogP contribution is -2.61. The van der Waals surface area contributed by atoms with Gasteiger partial charge in [0.2, 0.25) is 11.8 Å². The largest absolute Gasteiger partial charge is 0.353 e. The number of fused-ring (bicyclic) bond motifs is 5. The number of hydrogen-bond donors (Lipinski definition) is 2. The summed E-state index contributed by atoms with van der Waals surface area (Å²) < 4.78 is 0. The van der Waals surface area contributed by atoms with E-state index in [1.54, 1.807) is 11.8 Å². The number of carbonyl (C=O) groups excluding carboxylic acids is 2. The zero-order valence-corrected chi connectivity index (χ0v) is 20.4. The number of hydrogen-bond acceptors (Lipinski definition) is 3. The highest BCUT2D eigenvalue weighted by molar-refractivity contribution is 8.00. The van der Waals surface area contributed by atoms with Crippen molar-refractivity contribution in [2.24, 2.45) is 34.5 Å². The molecule has 0 aromatic heterocycles. The fourth-order valence-electron chi connectivity index (χ4n) is 8.20. The Hall–Kier alpha value is -0.710. The van der Waals surface area contributed by atoms with Crippen molar-refractivity contribution < 1.29 is 9.59 Å². The van der Waals surface area contributed by atoms with Crippen LogP contribution in [0.2, 0.25) is 0 Å². The van der Waals surface area contributed by atoms with Crippen LogP contribution in [0.3, 0.4) is 0 Å². The van der Waals surface area contributed by atoms with Crippen LogP contribution in [0.4, 0.5) is 0 Å². The van der Waals surface area contributed by atoms with Crippen LogP contribution < -0.4 is 10.6 Å². The first kappa shape index (κ1) is 22.5. The molecule has 0 bridgehead atoms. The van der Waals surface area contributed by atoms with Crippen molar-refractivity contribution in [3.8, 4) is 0 Å². The molecular weight excluding hydrogens is 392 g/mol. The van der Waals surface area contributed by atoms with Gasteiger partial charge < -0.3 is 10.6 Å². The van der Waals surface area contributed by atoms with Crippen LogP contribution in [0.25, 0.3) is 0 Å². The van der Waals surface area contributed by atoms with Gasteiger partial charge in [0.05, 0.1) is 5.75 Å². The highest BCUT2D eigenvalue weighted by atomic mass is 32.2. The number of carbonyl (C=O) groups is 2. The van der Waals surface area contributed by atoms with Crippen LogP contribution >= 0.6 is 11.8 Å². The highest BCUT2D eigenvalue weighted by Crippen LogP contribution is 2.65. The molecule has 5 heteroatoms. The number of amides is 2. The van der Waals surface area contributed by atoms with Crippen LogP contribution in [0.5, 0.6) is 0 Å². The first-order valence-corrected chi connectivity index (χ1v) is 13.4. The first-order valence-electron chi connectivity index (χ1n) is 12.4. The van der Waals surface area contributed by atoms with Gasteiger partial charge in [-0.3, -0.25) is 9.59 Å². The third-order valence-corrected chi connectivity index (χ3v) is 10.8. The molecule has 0 aromatic rings. The standard InChI is InChI=1S/C25H42N2O2S/c1-15(2)30-14-23(29)26-16(3)18-7-8-19-17-6-9-21-25(5,13-11-22(28)27-21)20(17)10-12-24(18,19)4/h15-21H,6-14H2,1-5H3,(H,26,29)(H,27,28)/t16?,17-,18+,19-,20-,21+,24+,25+/m0/s1. The lowest BCUT2D eigenvalue weighted by atomic mass is 9.47. The normalized spacial score (nSPS) is 43.9. The minimum absolute atomic E-state index is 0.202. The van der Waals surface area contributed by atoms with Crippen molar-refractivity contribution in [3.63, 3.8) is 0 Å². The quantitative estimate of drug-likeness (QED) is 0.655. The number of piperidine rings is 1. The van der Waals surface area contributed by atoms with E-state index in [9.17, 15) is 9.59 Å². The van der Waals surface area contributed by atoms with Crippen molar-refractivity contribution >= 4 is 23.6 Å². The summed E-state index contributed by atoms with van der Waals surface area (Å²) in [5.74, 6) is 3.95. The molecular formula is C25H42N2O2S. The van der Waals surface area contributed by atoms with Gasteiger partial charge in [-0.15, -0.1) is 11.8 Å². The van der Waals surface area contributed by atoms with E-state index >= 15 is 0 Å². The molecule has 0 spiro atoms. The van der Waals surface area contributed by atoms with Crippen molar-refractivity contribution in [2.75, 3.05) is 5.75 Å². The Morgan fingerprint density at radius 3 is 2.53 bits per heavy atom. The van der Waals surface area contributed by atoms with E-state index in [0.717, 1.165) is 30.6 Å². The van der Waals surface area contributed by atoms with Gasteiger partial charge in [-0.1, -0.05) is 27.7 Å². The molecule has 4 aliphatic rings. The van der Waals surface area contributed by atoms with Gasteiger partial charge in [-0.05, 0) is 91.6 Å². The fourth-order valence-corrected chi connectivity index (χ4v) is 8.77. The molecule has 4 fully saturated rings. The van der Waals surface area contributed by atoms with Crippen molar-refractivity contribution in [1.29, 1.82) is 0 Å². The smallest absolute Gasteiger partial charge is 0.230 e. The summed E-state index contributed by atoms with van der Waals surface area (Å²) in [4.78, 5) is 24.5. The Morgan fingerprint density at radius 1 is 1.07 bits per heavy atom. The van der Waals surface area contributed by atoms with Crippen LogP contribution in [-0.4, -0.2) is 34.9 Å². The number of nitrogens with one attached hydrogen (secondary N) is 2. The Balaban J connectivity index is 1.45. The van der Waals surface area contributed by atoms with Gasteiger partial charge in [0.15, 0.2) is 0 Å². The number of thioether (sulfide) groups is 1. The van der Waals surface area contributed by atoms with E-state index in [0.29, 0.717) is 34.8 Å². The maximum absolute atomic E-state index is 12.5. The summed E-state index contributed by atoms with van der Waals surface area (Å²) >= 11 is 1.73. The van der Waals surface area contributed by atoms with E-state index < -0.39 is 0 Å². The lowest BCUT2D eigenvalue weighted by Gasteiger charge is -2.60. The van der Waals surface area contributed by atoms with Crippen LogP contribution in [0, 0.1) is 34.5 Å². The molecule has 1 heterocycles. The zero-order valence-electron chi connectivity index (χ0n) is 19.6. The molecule has 8 atom stereocenters. The van der Waals surface area contributed by atoms with Gasteiger partial charge in [0.1, 0.15) is 0 Å². The molecule has 1 saturated heterocycles. The monoisotopic (exact) mass is 434 g/mol. The molecule has 1 unspecified atom stereocenters. The van der Waals surface area contributed by atoms with Crippen molar-refractivity contribution in [1.82, 2.24) is 10.6 Å². The fraction of sp³-hybridized carbons (Fsp3) is 0.920. The summed E-state index contributed by atoms with van der Waals surface area (Å²) in [6, 6.07) is 0.649. The summed E-state index contributed by atoms with van der Waals surface area (Å²) in [5.41, 5.74) is 0.629. The Labute approximate surface area is 187 Å². The van der Waals surface area contributed by atoms with E-state index in [4.69, 9.17) is 0 Å². The Morgan fingerprint density at radius 2 is 1.80 bits per heavy atom. The number of rotatable bonds is 5. The molecule has 3 saturated carbocycles. The molecule has 2 N–H and O–H groups in total. The Bertz CT molecular complexity index is 682. The van der Waals surface area contributed by atoms with Crippen molar-refractivity contribution in [3.05, 3.63) is 0 Å². The summed E-state index contributed by atoms with van der Waals surface area (Å²) in [6.45, 7) is 11.6. The second kappa shape index (κ2) is 8.33. The average molecular weight is 435 g/mol. The van der Waals surface area contributed by atoms with E-state index in [2.05, 4.69) is 45.3 Å². The molecule has 2 amide bonds. The first-order chi connectivity index (χ1) is 14.1. The average Bonchev–Trinajstić information content (AvgIpc) is 3.04. The molecule has 30 heavy (non-hydrogen) atoms. The molecule has 0 radical (unpaired) electrons. The van der Waals surface area contributed by atoms with Gasteiger partial charge >= 0.3 is 0 Å². The highest BCUT2D eigenvalue weighted by Gasteiger charge is 2.60. The van der Waals surface area contributed by atoms with Gasteiger partial charge in [0, 0.05) is 18.5 Å². The predicted molar refractivity (Wildman–Crippen MR) is 124 cm³/mol. The van der Waals surface area contributed by atoms with Gasteiger partial charge in [-0.25, -0.2) is 0 Å². The molecule has 3 aliphatic carbocycles. The van der Waals surface area contributed by atoms with Crippen LogP contribution in [0.15, 0.2) is 0 Å². The topological polar surface area (TPSA) is 58.2 Å². The minimum Gasteiger partial charge on any atom is -0.353 e. The summed E-state index contributed by atoms with van der Waals surface area (Å²) in [5, 5.41) is 7.19. The van der Waals surface area contributed by atoms with E-state index in [1.807, 2.05) is 0 Å². The molecule has 170 valence electrons. The molecule has 4 rings (SSSR count). The predicted octanol–water partition coefficient (Wildman–Crippen LogP) is 4.77. The van der Waals surface area contributed by atoms with Crippen LogP contribution in [-0.2, 0) is 9.59 Å². The third-order valence-electron chi connectivity index (χ3n) is 9.71. The second-order valence-corrected chi connectivity index (χ2v) is 13.1. The maximum Gasteiger partial charge on any atom is 0.230 e. The summed E-state index contributed by atoms with van der Waals surface area (Å²) in [6.07, 6.45) is 9.33. The molecule has 0 aromatic carbocycles. The van der Waals surface area contributed by atoms with Gasteiger partial charge in [0.25, 0.3) is 0 Å². The summed E-state index contributed by atoms with van der Waals surface area (Å²) in [7, 11) is 0. The molecule has 1 aliphatic heterocycles. The Kier molecular flexibility index (Phi) is 6.24. The third kappa shape index (κ3) is 3.82. The lowest BCUT2D eigenvalue weighted by molar-refractivity contribution is -0.137. The van der Waals surface area contributed by atoms with Gasteiger partial charge in [-0.2, -0.15) is 0 Å². The SMILES string of the molecule is CC(C)SCC(=O)NC(C)[C@H]1CC[C@H]2[C@@H]3CC[C@H]4NC(=O)CC[C@]4(C)[C@H]3CC[C@]12C. The van der Waals surface area contributed by atoms with E-state index in [1.165, 1.54) is 32.1 Å². The maximum atomic E-state index is 12.5. The molecule has 4 nitrogen and oxygen atoms in total. The van der Waals surface area contributed by atoms with Crippen molar-refractivity contribution in [2.45, 2.75) is 103 Å². The second-order valence-electron chi connectivity index (χ2n) is 11.5. The minimum atomic E-state index is 0.202. The zero-order chi connectivity index (χ0) is 21.7. The van der Waals surface area contributed by atoms with E-state index in [-0.39, 0.29) is 23.3 Å².